The largest absolute Gasteiger partial charge is 0.328 e. The van der Waals surface area contributed by atoms with Gasteiger partial charge in [0.05, 0.1) is 0 Å². The number of carbonyl (C=O) groups is 1. The van der Waals surface area contributed by atoms with Crippen LogP contribution in [-0.2, 0) is 0 Å². The summed E-state index contributed by atoms with van der Waals surface area (Å²) in [6.07, 6.45) is 3.36. The molecule has 1 aromatic rings. The summed E-state index contributed by atoms with van der Waals surface area (Å²) in [5.41, 5.74) is 6.91. The predicted octanol–water partition coefficient (Wildman–Crippen LogP) is 2.28. The van der Waals surface area contributed by atoms with E-state index in [9.17, 15) is 4.79 Å². The van der Waals surface area contributed by atoms with Crippen molar-refractivity contribution in [1.82, 2.24) is 4.90 Å². The Hall–Kier alpha value is -1.55. The van der Waals surface area contributed by atoms with Crippen molar-refractivity contribution in [3.05, 3.63) is 30.3 Å². The maximum absolute atomic E-state index is 12.3. The lowest BCUT2D eigenvalue weighted by Gasteiger charge is -2.43. The summed E-state index contributed by atoms with van der Waals surface area (Å²) in [5, 5.41) is 2.97. The Morgan fingerprint density at radius 1 is 1.11 bits per heavy atom. The molecular formula is C15H21N3O. The molecule has 19 heavy (non-hydrogen) atoms. The quantitative estimate of drug-likeness (QED) is 0.813. The molecule has 102 valence electrons. The Kier molecular flexibility index (Phi) is 3.42. The number of nitrogens with zero attached hydrogens (tertiary/aromatic N) is 1. The zero-order chi connectivity index (χ0) is 13.2. The highest BCUT2D eigenvalue weighted by molar-refractivity contribution is 5.89. The third-order valence-electron chi connectivity index (χ3n) is 4.21. The Balaban J connectivity index is 1.62. The van der Waals surface area contributed by atoms with E-state index >= 15 is 0 Å². The number of likely N-dealkylation sites (tertiary alicyclic amines) is 1. The summed E-state index contributed by atoms with van der Waals surface area (Å²) in [5.74, 6) is 1.17. The van der Waals surface area contributed by atoms with Gasteiger partial charge in [-0.15, -0.1) is 0 Å². The lowest BCUT2D eigenvalue weighted by atomic mass is 9.76. The summed E-state index contributed by atoms with van der Waals surface area (Å²) in [4.78, 5) is 14.2. The van der Waals surface area contributed by atoms with E-state index in [1.54, 1.807) is 0 Å². The molecule has 3 N–H and O–H groups in total. The van der Waals surface area contributed by atoms with Crippen LogP contribution >= 0.6 is 0 Å². The Morgan fingerprint density at radius 3 is 2.37 bits per heavy atom. The number of para-hydroxylation sites is 1. The average molecular weight is 259 g/mol. The minimum Gasteiger partial charge on any atom is -0.328 e. The molecule has 1 aromatic carbocycles. The van der Waals surface area contributed by atoms with E-state index in [0.717, 1.165) is 31.6 Å². The molecule has 0 radical (unpaired) electrons. The second-order valence-electron chi connectivity index (χ2n) is 5.90. The number of hydrogen-bond acceptors (Lipinski definition) is 2. The molecule has 1 saturated heterocycles. The van der Waals surface area contributed by atoms with Crippen LogP contribution in [0.3, 0.4) is 0 Å². The van der Waals surface area contributed by atoms with Gasteiger partial charge in [-0.05, 0) is 43.2 Å². The number of piperidine rings is 1. The van der Waals surface area contributed by atoms with Crippen molar-refractivity contribution in [2.75, 3.05) is 18.4 Å². The molecule has 1 heterocycles. The van der Waals surface area contributed by atoms with Crippen LogP contribution in [0.15, 0.2) is 30.3 Å². The van der Waals surface area contributed by atoms with Crippen LogP contribution in [0, 0.1) is 11.8 Å². The first-order valence-corrected chi connectivity index (χ1v) is 7.07. The number of urea groups is 1. The van der Waals surface area contributed by atoms with Crippen LogP contribution < -0.4 is 11.1 Å². The Morgan fingerprint density at radius 2 is 1.74 bits per heavy atom. The van der Waals surface area contributed by atoms with E-state index in [1.165, 1.54) is 6.42 Å². The molecule has 2 atom stereocenters. The van der Waals surface area contributed by atoms with E-state index in [1.807, 2.05) is 35.2 Å². The highest BCUT2D eigenvalue weighted by Crippen LogP contribution is 2.34. The molecular weight excluding hydrogens is 238 g/mol. The van der Waals surface area contributed by atoms with Gasteiger partial charge in [-0.2, -0.15) is 0 Å². The lowest BCUT2D eigenvalue weighted by molar-refractivity contribution is 0.100. The van der Waals surface area contributed by atoms with Crippen LogP contribution in [0.5, 0.6) is 0 Å². The highest BCUT2D eigenvalue weighted by atomic mass is 16.2. The smallest absolute Gasteiger partial charge is 0.321 e. The fraction of sp³-hybridized carbons (Fsp3) is 0.533. The Labute approximate surface area is 114 Å². The van der Waals surface area contributed by atoms with Gasteiger partial charge in [-0.1, -0.05) is 18.2 Å². The van der Waals surface area contributed by atoms with Gasteiger partial charge in [0.15, 0.2) is 0 Å². The molecule has 2 bridgehead atoms. The van der Waals surface area contributed by atoms with E-state index in [2.05, 4.69) is 5.32 Å². The van der Waals surface area contributed by atoms with Crippen LogP contribution in [0.1, 0.15) is 19.3 Å². The number of hydrogen-bond donors (Lipinski definition) is 2. The van der Waals surface area contributed by atoms with Crippen molar-refractivity contribution < 1.29 is 4.79 Å². The van der Waals surface area contributed by atoms with Gasteiger partial charge in [0.1, 0.15) is 0 Å². The third kappa shape index (κ3) is 2.89. The monoisotopic (exact) mass is 259 g/mol. The molecule has 3 rings (SSSR count). The molecule has 4 heteroatoms. The zero-order valence-electron chi connectivity index (χ0n) is 11.1. The van der Waals surface area contributed by atoms with Gasteiger partial charge in [0, 0.05) is 24.8 Å². The molecule has 0 spiro atoms. The van der Waals surface area contributed by atoms with E-state index in [0.29, 0.717) is 17.9 Å². The van der Waals surface area contributed by atoms with Gasteiger partial charge in [-0.25, -0.2) is 4.79 Å². The normalized spacial score (nSPS) is 29.9. The third-order valence-corrected chi connectivity index (χ3v) is 4.21. The lowest BCUT2D eigenvalue weighted by Crippen LogP contribution is -2.50. The highest BCUT2D eigenvalue weighted by Gasteiger charge is 2.35. The molecule has 2 fully saturated rings. The van der Waals surface area contributed by atoms with Crippen molar-refractivity contribution >= 4 is 11.7 Å². The summed E-state index contributed by atoms with van der Waals surface area (Å²) in [6, 6.07) is 10.00. The standard InChI is InChI=1S/C15H21N3O/c16-13-7-11-6-12(8-13)10-18(9-11)15(19)17-14-4-2-1-3-5-14/h1-5,11-13H,6-10,16H2,(H,17,19). The number of benzene rings is 1. The predicted molar refractivity (Wildman–Crippen MR) is 75.8 cm³/mol. The van der Waals surface area contributed by atoms with E-state index in [4.69, 9.17) is 5.73 Å². The molecule has 2 amide bonds. The minimum absolute atomic E-state index is 0.0244. The van der Waals surface area contributed by atoms with Gasteiger partial charge in [0.25, 0.3) is 0 Å². The Bertz CT molecular complexity index is 430. The van der Waals surface area contributed by atoms with Crippen molar-refractivity contribution in [2.45, 2.75) is 25.3 Å². The second-order valence-corrected chi connectivity index (χ2v) is 5.90. The molecule has 0 aromatic heterocycles. The molecule has 1 saturated carbocycles. The van der Waals surface area contributed by atoms with E-state index < -0.39 is 0 Å². The molecule has 4 nitrogen and oxygen atoms in total. The second kappa shape index (κ2) is 5.21. The summed E-state index contributed by atoms with van der Waals surface area (Å²) >= 11 is 0. The SMILES string of the molecule is NC1CC2CC(C1)CN(C(=O)Nc1ccccc1)C2. The summed E-state index contributed by atoms with van der Waals surface area (Å²) in [7, 11) is 0. The number of nitrogens with one attached hydrogen (secondary N) is 1. The number of carbonyl (C=O) groups excluding carboxylic acids is 1. The molecule has 2 unspecified atom stereocenters. The minimum atomic E-state index is 0.0244. The zero-order valence-corrected chi connectivity index (χ0v) is 11.1. The number of nitrogens with two attached hydrogens (primary N) is 1. The van der Waals surface area contributed by atoms with Crippen LogP contribution in [0.25, 0.3) is 0 Å². The molecule has 1 aliphatic heterocycles. The van der Waals surface area contributed by atoms with Gasteiger partial charge in [0.2, 0.25) is 0 Å². The van der Waals surface area contributed by atoms with Gasteiger partial charge >= 0.3 is 6.03 Å². The number of rotatable bonds is 1. The molecule has 2 aliphatic rings. The number of anilines is 1. The van der Waals surface area contributed by atoms with E-state index in [-0.39, 0.29) is 6.03 Å². The fourth-order valence-corrected chi connectivity index (χ4v) is 3.50. The first kappa shape index (κ1) is 12.5. The maximum Gasteiger partial charge on any atom is 0.321 e. The molecule has 1 aliphatic carbocycles. The summed E-state index contributed by atoms with van der Waals surface area (Å²) < 4.78 is 0. The topological polar surface area (TPSA) is 58.4 Å². The number of fused-ring (bicyclic) bond motifs is 2. The van der Waals surface area contributed by atoms with Crippen molar-refractivity contribution in [3.8, 4) is 0 Å². The van der Waals surface area contributed by atoms with Crippen LogP contribution in [-0.4, -0.2) is 30.1 Å². The summed E-state index contributed by atoms with van der Waals surface area (Å²) in [6.45, 7) is 1.70. The first-order valence-electron chi connectivity index (χ1n) is 7.07. The average Bonchev–Trinajstić information content (AvgIpc) is 2.38. The maximum atomic E-state index is 12.3. The van der Waals surface area contributed by atoms with Crippen molar-refractivity contribution in [2.24, 2.45) is 17.6 Å². The van der Waals surface area contributed by atoms with Crippen molar-refractivity contribution in [3.63, 3.8) is 0 Å². The van der Waals surface area contributed by atoms with Crippen LogP contribution in [0.4, 0.5) is 10.5 Å². The van der Waals surface area contributed by atoms with Gasteiger partial charge < -0.3 is 16.0 Å². The fourth-order valence-electron chi connectivity index (χ4n) is 3.50. The van der Waals surface area contributed by atoms with Crippen LogP contribution in [0.2, 0.25) is 0 Å². The van der Waals surface area contributed by atoms with Crippen molar-refractivity contribution in [1.29, 1.82) is 0 Å². The van der Waals surface area contributed by atoms with Gasteiger partial charge in [-0.3, -0.25) is 0 Å². The number of amides is 2. The first-order chi connectivity index (χ1) is 9.20.